The standard InChI is InChI=1S/C13H15FN4O2S/c1-8(2)6-20-11-5-9(14)3-4-10(11)17-12(19)18-13-15-7-16-21-13/h3-5,7-8H,6H2,1-2H3,(H2,15,16,17,18,19). The third kappa shape index (κ3) is 4.67. The summed E-state index contributed by atoms with van der Waals surface area (Å²) < 4.78 is 22.6. The number of ether oxygens (including phenoxy) is 1. The first-order chi connectivity index (χ1) is 10.0. The molecule has 1 aromatic heterocycles. The van der Waals surface area contributed by atoms with Crippen molar-refractivity contribution in [3.8, 4) is 5.75 Å². The lowest BCUT2D eigenvalue weighted by Crippen LogP contribution is -2.20. The van der Waals surface area contributed by atoms with Crippen molar-refractivity contribution in [3.05, 3.63) is 30.3 Å². The van der Waals surface area contributed by atoms with Gasteiger partial charge in [0, 0.05) is 17.6 Å². The Kier molecular flexibility index (Phi) is 5.04. The van der Waals surface area contributed by atoms with Gasteiger partial charge in [-0.1, -0.05) is 13.8 Å². The molecule has 8 heteroatoms. The highest BCUT2D eigenvalue weighted by Gasteiger charge is 2.11. The van der Waals surface area contributed by atoms with E-state index in [0.717, 1.165) is 11.5 Å². The molecule has 0 aliphatic heterocycles. The van der Waals surface area contributed by atoms with Crippen molar-refractivity contribution in [1.82, 2.24) is 9.36 Å². The van der Waals surface area contributed by atoms with Gasteiger partial charge in [0.05, 0.1) is 12.3 Å². The van der Waals surface area contributed by atoms with Crippen molar-refractivity contribution in [2.75, 3.05) is 17.2 Å². The summed E-state index contributed by atoms with van der Waals surface area (Å²) >= 11 is 1.06. The van der Waals surface area contributed by atoms with Crippen LogP contribution in [-0.2, 0) is 0 Å². The summed E-state index contributed by atoms with van der Waals surface area (Å²) in [6, 6.07) is 3.45. The van der Waals surface area contributed by atoms with Crippen LogP contribution >= 0.6 is 11.5 Å². The summed E-state index contributed by atoms with van der Waals surface area (Å²) in [6.07, 6.45) is 1.34. The second-order valence-corrected chi connectivity index (χ2v) is 5.45. The average Bonchev–Trinajstić information content (AvgIpc) is 2.91. The van der Waals surface area contributed by atoms with E-state index < -0.39 is 11.8 Å². The lowest BCUT2D eigenvalue weighted by molar-refractivity contribution is 0.260. The zero-order chi connectivity index (χ0) is 15.2. The molecule has 0 bridgehead atoms. The van der Waals surface area contributed by atoms with Crippen molar-refractivity contribution in [1.29, 1.82) is 0 Å². The van der Waals surface area contributed by atoms with Crippen LogP contribution < -0.4 is 15.4 Å². The van der Waals surface area contributed by atoms with Gasteiger partial charge in [0.15, 0.2) is 0 Å². The largest absolute Gasteiger partial charge is 0.491 e. The molecule has 2 rings (SSSR count). The number of nitrogens with zero attached hydrogens (tertiary/aromatic N) is 2. The molecular formula is C13H15FN4O2S. The summed E-state index contributed by atoms with van der Waals surface area (Å²) in [4.78, 5) is 15.7. The van der Waals surface area contributed by atoms with Gasteiger partial charge in [-0.25, -0.2) is 14.2 Å². The number of hydrogen-bond acceptors (Lipinski definition) is 5. The number of aromatic nitrogens is 2. The van der Waals surface area contributed by atoms with E-state index in [4.69, 9.17) is 4.74 Å². The number of urea groups is 1. The van der Waals surface area contributed by atoms with Gasteiger partial charge < -0.3 is 10.1 Å². The molecular weight excluding hydrogens is 295 g/mol. The zero-order valence-electron chi connectivity index (χ0n) is 11.6. The highest BCUT2D eigenvalue weighted by Crippen LogP contribution is 2.26. The fourth-order valence-electron chi connectivity index (χ4n) is 1.45. The molecule has 0 aliphatic carbocycles. The lowest BCUT2D eigenvalue weighted by atomic mass is 10.2. The van der Waals surface area contributed by atoms with E-state index in [1.807, 2.05) is 13.8 Å². The summed E-state index contributed by atoms with van der Waals surface area (Å²) in [7, 11) is 0. The number of amides is 2. The minimum atomic E-state index is -0.493. The Balaban J connectivity index is 2.05. The van der Waals surface area contributed by atoms with Gasteiger partial charge in [-0.15, -0.1) is 0 Å². The van der Waals surface area contributed by atoms with Crippen molar-refractivity contribution < 1.29 is 13.9 Å². The molecule has 6 nitrogen and oxygen atoms in total. The van der Waals surface area contributed by atoms with Crippen molar-refractivity contribution in [2.24, 2.45) is 5.92 Å². The van der Waals surface area contributed by atoms with Crippen LogP contribution in [0.3, 0.4) is 0 Å². The van der Waals surface area contributed by atoms with Gasteiger partial charge in [0.2, 0.25) is 5.13 Å². The highest BCUT2D eigenvalue weighted by molar-refractivity contribution is 7.09. The SMILES string of the molecule is CC(C)COc1cc(F)ccc1NC(=O)Nc1ncns1. The molecule has 0 atom stereocenters. The third-order valence-corrected chi connectivity index (χ3v) is 2.93. The molecule has 1 aromatic carbocycles. The van der Waals surface area contributed by atoms with Gasteiger partial charge in [-0.3, -0.25) is 5.32 Å². The molecule has 0 unspecified atom stereocenters. The highest BCUT2D eigenvalue weighted by atomic mass is 32.1. The maximum atomic E-state index is 13.3. The van der Waals surface area contributed by atoms with Gasteiger partial charge in [0.1, 0.15) is 17.9 Å². The predicted octanol–water partition coefficient (Wildman–Crippen LogP) is 3.36. The van der Waals surface area contributed by atoms with Crippen LogP contribution in [0.2, 0.25) is 0 Å². The van der Waals surface area contributed by atoms with Crippen LogP contribution in [-0.4, -0.2) is 22.0 Å². The molecule has 0 aliphatic rings. The first-order valence-corrected chi connectivity index (χ1v) is 7.09. The number of hydrogen-bond donors (Lipinski definition) is 2. The fraction of sp³-hybridized carbons (Fsp3) is 0.308. The molecule has 2 aromatic rings. The average molecular weight is 310 g/mol. The van der Waals surface area contributed by atoms with Crippen LogP contribution in [0, 0.1) is 11.7 Å². The van der Waals surface area contributed by atoms with Gasteiger partial charge >= 0.3 is 6.03 Å². The Morgan fingerprint density at radius 3 is 2.90 bits per heavy atom. The Labute approximate surface area is 125 Å². The van der Waals surface area contributed by atoms with Gasteiger partial charge in [-0.05, 0) is 18.1 Å². The molecule has 0 spiro atoms. The summed E-state index contributed by atoms with van der Waals surface area (Å²) in [6.45, 7) is 4.39. The van der Waals surface area contributed by atoms with Crippen molar-refractivity contribution in [2.45, 2.75) is 13.8 Å². The number of carbonyl (C=O) groups excluding carboxylic acids is 1. The van der Waals surface area contributed by atoms with Crippen LogP contribution in [0.1, 0.15) is 13.8 Å². The Bertz CT molecular complexity index is 604. The fourth-order valence-corrected chi connectivity index (χ4v) is 1.88. The maximum Gasteiger partial charge on any atom is 0.325 e. The zero-order valence-corrected chi connectivity index (χ0v) is 12.4. The molecule has 0 saturated carbocycles. The number of halogens is 1. The molecule has 2 N–H and O–H groups in total. The summed E-state index contributed by atoms with van der Waals surface area (Å²) in [5.41, 5.74) is 0.388. The topological polar surface area (TPSA) is 76.1 Å². The normalized spacial score (nSPS) is 10.5. The van der Waals surface area contributed by atoms with E-state index in [-0.39, 0.29) is 11.7 Å². The van der Waals surface area contributed by atoms with Crippen LogP contribution in [0.15, 0.2) is 24.5 Å². The smallest absolute Gasteiger partial charge is 0.325 e. The second-order valence-electron chi connectivity index (χ2n) is 4.67. The van der Waals surface area contributed by atoms with E-state index >= 15 is 0 Å². The number of rotatable bonds is 5. The van der Waals surface area contributed by atoms with Gasteiger partial charge in [0.25, 0.3) is 0 Å². The molecule has 21 heavy (non-hydrogen) atoms. The van der Waals surface area contributed by atoms with Crippen LogP contribution in [0.5, 0.6) is 5.75 Å². The van der Waals surface area contributed by atoms with Crippen molar-refractivity contribution in [3.63, 3.8) is 0 Å². The first-order valence-electron chi connectivity index (χ1n) is 6.31. The minimum Gasteiger partial charge on any atom is -0.491 e. The Hall–Kier alpha value is -2.22. The van der Waals surface area contributed by atoms with E-state index in [2.05, 4.69) is 20.0 Å². The Morgan fingerprint density at radius 1 is 1.43 bits per heavy atom. The Morgan fingerprint density at radius 2 is 2.24 bits per heavy atom. The monoisotopic (exact) mass is 310 g/mol. The number of nitrogens with one attached hydrogen (secondary N) is 2. The first kappa shape index (κ1) is 15.2. The number of carbonyl (C=O) groups is 1. The maximum absolute atomic E-state index is 13.3. The predicted molar refractivity (Wildman–Crippen MR) is 79.3 cm³/mol. The third-order valence-electron chi connectivity index (χ3n) is 2.35. The van der Waals surface area contributed by atoms with Crippen molar-refractivity contribution >= 4 is 28.4 Å². The molecule has 0 radical (unpaired) electrons. The van der Waals surface area contributed by atoms with Gasteiger partial charge in [-0.2, -0.15) is 4.37 Å². The minimum absolute atomic E-state index is 0.288. The second kappa shape index (κ2) is 6.98. The number of benzene rings is 1. The lowest BCUT2D eigenvalue weighted by Gasteiger charge is -2.14. The van der Waals surface area contributed by atoms with E-state index in [9.17, 15) is 9.18 Å². The molecule has 0 saturated heterocycles. The van der Waals surface area contributed by atoms with E-state index in [1.54, 1.807) is 0 Å². The molecule has 0 fully saturated rings. The summed E-state index contributed by atoms with van der Waals surface area (Å²) in [5, 5.41) is 5.49. The quantitative estimate of drug-likeness (QED) is 0.888. The summed E-state index contributed by atoms with van der Waals surface area (Å²) in [5.74, 6) is 0.149. The van der Waals surface area contributed by atoms with Crippen LogP contribution in [0.25, 0.3) is 0 Å². The molecule has 112 valence electrons. The van der Waals surface area contributed by atoms with E-state index in [0.29, 0.717) is 17.4 Å². The molecule has 2 amide bonds. The van der Waals surface area contributed by atoms with Crippen LogP contribution in [0.4, 0.5) is 20.0 Å². The van der Waals surface area contributed by atoms with E-state index in [1.165, 1.54) is 24.5 Å². The number of anilines is 2. The molecule has 1 heterocycles.